The van der Waals surface area contributed by atoms with E-state index in [1.807, 2.05) is 18.2 Å². The Labute approximate surface area is 166 Å². The zero-order valence-corrected chi connectivity index (χ0v) is 15.8. The molecule has 29 heavy (non-hydrogen) atoms. The number of carbonyl (C=O) groups excluding carboxylic acids is 2. The number of para-hydroxylation sites is 1. The summed E-state index contributed by atoms with van der Waals surface area (Å²) in [5.74, 6) is -1.02. The Bertz CT molecular complexity index is 860. The summed E-state index contributed by atoms with van der Waals surface area (Å²) in [6.07, 6.45) is -2.12. The number of hydrogen-bond acceptors (Lipinski definition) is 3. The van der Waals surface area contributed by atoms with E-state index >= 15 is 0 Å². The van der Waals surface area contributed by atoms with Crippen LogP contribution in [0.15, 0.2) is 48.5 Å². The zero-order valence-electron chi connectivity index (χ0n) is 15.8. The van der Waals surface area contributed by atoms with Gasteiger partial charge in [0.05, 0.1) is 12.1 Å². The first-order chi connectivity index (χ1) is 13.8. The molecular weight excluding hydrogens is 383 g/mol. The fraction of sp³-hybridized carbons (Fsp3) is 0.333. The Kier molecular flexibility index (Phi) is 6.53. The SMILES string of the molecule is O=C(CNC(=O)c1ccc(C(F)(F)F)cc1)Nc1ccccc1CN1CCCC1. The molecule has 2 N–H and O–H groups in total. The molecule has 1 aliphatic heterocycles. The van der Waals surface area contributed by atoms with E-state index in [-0.39, 0.29) is 12.1 Å². The number of nitrogens with zero attached hydrogens (tertiary/aromatic N) is 1. The second kappa shape index (κ2) is 9.09. The van der Waals surface area contributed by atoms with Crippen LogP contribution in [0, 0.1) is 0 Å². The fourth-order valence-corrected chi connectivity index (χ4v) is 3.23. The number of benzene rings is 2. The van der Waals surface area contributed by atoms with E-state index in [4.69, 9.17) is 0 Å². The topological polar surface area (TPSA) is 61.4 Å². The largest absolute Gasteiger partial charge is 0.416 e. The van der Waals surface area contributed by atoms with Gasteiger partial charge in [0.15, 0.2) is 0 Å². The van der Waals surface area contributed by atoms with Crippen molar-refractivity contribution in [2.75, 3.05) is 25.0 Å². The maximum atomic E-state index is 12.6. The molecule has 1 heterocycles. The highest BCUT2D eigenvalue weighted by Gasteiger charge is 2.30. The second-order valence-corrected chi connectivity index (χ2v) is 6.95. The van der Waals surface area contributed by atoms with Crippen LogP contribution < -0.4 is 10.6 Å². The molecule has 1 fully saturated rings. The van der Waals surface area contributed by atoms with Crippen molar-refractivity contribution in [3.05, 3.63) is 65.2 Å². The smallest absolute Gasteiger partial charge is 0.343 e. The lowest BCUT2D eigenvalue weighted by atomic mass is 10.1. The normalized spacial score (nSPS) is 14.6. The molecule has 8 heteroatoms. The molecule has 0 aliphatic carbocycles. The molecule has 1 aliphatic rings. The third-order valence-electron chi connectivity index (χ3n) is 4.77. The Morgan fingerprint density at radius 1 is 0.966 bits per heavy atom. The van der Waals surface area contributed by atoms with Crippen LogP contribution in [0.4, 0.5) is 18.9 Å². The van der Waals surface area contributed by atoms with Gasteiger partial charge in [0.2, 0.25) is 5.91 Å². The first-order valence-corrected chi connectivity index (χ1v) is 9.38. The van der Waals surface area contributed by atoms with E-state index in [9.17, 15) is 22.8 Å². The van der Waals surface area contributed by atoms with Crippen molar-refractivity contribution in [2.24, 2.45) is 0 Å². The predicted molar refractivity (Wildman–Crippen MR) is 103 cm³/mol. The summed E-state index contributed by atoms with van der Waals surface area (Å²) in [4.78, 5) is 26.6. The summed E-state index contributed by atoms with van der Waals surface area (Å²) in [6.45, 7) is 2.53. The van der Waals surface area contributed by atoms with Gasteiger partial charge >= 0.3 is 6.18 Å². The average Bonchev–Trinajstić information content (AvgIpc) is 3.20. The summed E-state index contributed by atoms with van der Waals surface area (Å²) >= 11 is 0. The molecule has 2 amide bonds. The summed E-state index contributed by atoms with van der Waals surface area (Å²) in [6, 6.07) is 11.3. The standard InChI is InChI=1S/C21H22F3N3O2/c22-21(23,24)17-9-7-15(8-10-17)20(29)25-13-19(28)26-18-6-2-1-5-16(18)14-27-11-3-4-12-27/h1-2,5-10H,3-4,11-14H2,(H,25,29)(H,26,28). The van der Waals surface area contributed by atoms with E-state index in [1.54, 1.807) is 6.07 Å². The summed E-state index contributed by atoms with van der Waals surface area (Å²) in [5.41, 5.74) is 0.909. The van der Waals surface area contributed by atoms with Gasteiger partial charge in [0.1, 0.15) is 0 Å². The third kappa shape index (κ3) is 5.80. The van der Waals surface area contributed by atoms with Crippen LogP contribution in [0.2, 0.25) is 0 Å². The van der Waals surface area contributed by atoms with Crippen molar-refractivity contribution >= 4 is 17.5 Å². The highest BCUT2D eigenvalue weighted by Crippen LogP contribution is 2.29. The average molecular weight is 405 g/mol. The minimum absolute atomic E-state index is 0.0558. The highest BCUT2D eigenvalue weighted by molar-refractivity contribution is 5.99. The molecule has 0 aromatic heterocycles. The molecule has 3 rings (SSSR count). The van der Waals surface area contributed by atoms with Crippen molar-refractivity contribution in [3.8, 4) is 0 Å². The molecule has 0 bridgehead atoms. The fourth-order valence-electron chi connectivity index (χ4n) is 3.23. The molecular formula is C21H22F3N3O2. The lowest BCUT2D eigenvalue weighted by molar-refractivity contribution is -0.137. The summed E-state index contributed by atoms with van der Waals surface area (Å²) < 4.78 is 37.8. The number of nitrogens with one attached hydrogen (secondary N) is 2. The van der Waals surface area contributed by atoms with E-state index < -0.39 is 23.6 Å². The van der Waals surface area contributed by atoms with Gasteiger partial charge in [-0.25, -0.2) is 0 Å². The Morgan fingerprint density at radius 3 is 2.28 bits per heavy atom. The van der Waals surface area contributed by atoms with Crippen LogP contribution in [0.1, 0.15) is 34.3 Å². The van der Waals surface area contributed by atoms with Gasteiger partial charge in [0, 0.05) is 17.8 Å². The molecule has 1 saturated heterocycles. The van der Waals surface area contributed by atoms with E-state index in [0.29, 0.717) is 5.69 Å². The number of anilines is 1. The number of likely N-dealkylation sites (tertiary alicyclic amines) is 1. The molecule has 0 atom stereocenters. The quantitative estimate of drug-likeness (QED) is 0.771. The van der Waals surface area contributed by atoms with Gasteiger partial charge in [0.25, 0.3) is 5.91 Å². The first kappa shape index (κ1) is 20.9. The van der Waals surface area contributed by atoms with Crippen LogP contribution in [0.5, 0.6) is 0 Å². The summed E-state index contributed by atoms with van der Waals surface area (Å²) in [7, 11) is 0. The van der Waals surface area contributed by atoms with Crippen molar-refractivity contribution in [1.82, 2.24) is 10.2 Å². The molecule has 0 radical (unpaired) electrons. The number of alkyl halides is 3. The lowest BCUT2D eigenvalue weighted by Gasteiger charge is -2.18. The van der Waals surface area contributed by atoms with Crippen LogP contribution in [-0.4, -0.2) is 36.3 Å². The maximum Gasteiger partial charge on any atom is 0.416 e. The molecule has 0 spiro atoms. The van der Waals surface area contributed by atoms with Crippen molar-refractivity contribution in [3.63, 3.8) is 0 Å². The van der Waals surface area contributed by atoms with Crippen molar-refractivity contribution < 1.29 is 22.8 Å². The second-order valence-electron chi connectivity index (χ2n) is 6.95. The van der Waals surface area contributed by atoms with Crippen molar-refractivity contribution in [1.29, 1.82) is 0 Å². The van der Waals surface area contributed by atoms with Gasteiger partial charge in [-0.1, -0.05) is 18.2 Å². The first-order valence-electron chi connectivity index (χ1n) is 9.38. The number of amides is 2. The Morgan fingerprint density at radius 2 is 1.62 bits per heavy atom. The summed E-state index contributed by atoms with van der Waals surface area (Å²) in [5, 5.41) is 5.22. The van der Waals surface area contributed by atoms with Crippen molar-refractivity contribution in [2.45, 2.75) is 25.6 Å². The van der Waals surface area contributed by atoms with E-state index in [0.717, 1.165) is 49.5 Å². The lowest BCUT2D eigenvalue weighted by Crippen LogP contribution is -2.33. The minimum Gasteiger partial charge on any atom is -0.343 e. The van der Waals surface area contributed by atoms with Crippen LogP contribution in [0.3, 0.4) is 0 Å². The number of hydrogen-bond donors (Lipinski definition) is 2. The van der Waals surface area contributed by atoms with E-state index in [1.165, 1.54) is 12.8 Å². The number of halogens is 3. The zero-order chi connectivity index (χ0) is 20.9. The van der Waals surface area contributed by atoms with Gasteiger partial charge in [-0.15, -0.1) is 0 Å². The highest BCUT2D eigenvalue weighted by atomic mass is 19.4. The number of carbonyl (C=O) groups is 2. The molecule has 154 valence electrons. The van der Waals surface area contributed by atoms with Crippen LogP contribution >= 0.6 is 0 Å². The van der Waals surface area contributed by atoms with Crippen LogP contribution in [-0.2, 0) is 17.5 Å². The van der Waals surface area contributed by atoms with Crippen LogP contribution in [0.25, 0.3) is 0 Å². The molecule has 0 unspecified atom stereocenters. The maximum absolute atomic E-state index is 12.6. The molecule has 5 nitrogen and oxygen atoms in total. The predicted octanol–water partition coefficient (Wildman–Crippen LogP) is 3.67. The van der Waals surface area contributed by atoms with E-state index in [2.05, 4.69) is 15.5 Å². The monoisotopic (exact) mass is 405 g/mol. The van der Waals surface area contributed by atoms with Gasteiger partial charge in [-0.2, -0.15) is 13.2 Å². The van der Waals surface area contributed by atoms with Gasteiger partial charge in [-0.05, 0) is 61.8 Å². The molecule has 2 aromatic carbocycles. The van der Waals surface area contributed by atoms with Gasteiger partial charge < -0.3 is 10.6 Å². The molecule has 0 saturated carbocycles. The minimum atomic E-state index is -4.46. The third-order valence-corrected chi connectivity index (χ3v) is 4.77. The number of rotatable bonds is 6. The Balaban J connectivity index is 1.54. The Hall–Kier alpha value is -2.87. The molecule has 2 aromatic rings. The van der Waals surface area contributed by atoms with Gasteiger partial charge in [-0.3, -0.25) is 14.5 Å².